The van der Waals surface area contributed by atoms with Gasteiger partial charge in [0.25, 0.3) is 0 Å². The topological polar surface area (TPSA) is 55.1 Å². The largest absolute Gasteiger partial charge is 0.419 e. The van der Waals surface area contributed by atoms with E-state index in [0.29, 0.717) is 12.0 Å². The molecule has 3 nitrogen and oxygen atoms in total. The Morgan fingerprint density at radius 3 is 2.68 bits per heavy atom. The fraction of sp³-hybridized carbons (Fsp3) is 0.533. The molecular weight excluding hydrogens is 300 g/mol. The zero-order valence-electron chi connectivity index (χ0n) is 11.9. The number of nitrogens with two attached hydrogens (primary N) is 1. The number of amides is 1. The van der Waals surface area contributed by atoms with Crippen LogP contribution in [-0.2, 0) is 17.5 Å². The second-order valence-electron chi connectivity index (χ2n) is 5.66. The van der Waals surface area contributed by atoms with Gasteiger partial charge in [-0.1, -0.05) is 12.5 Å². The maximum Gasteiger partial charge on any atom is 0.419 e. The zero-order chi connectivity index (χ0) is 16.3. The Morgan fingerprint density at radius 1 is 1.32 bits per heavy atom. The molecule has 1 fully saturated rings. The van der Waals surface area contributed by atoms with Crippen LogP contribution in [0, 0.1) is 11.7 Å². The normalized spacial score (nSPS) is 22.5. The highest BCUT2D eigenvalue weighted by Gasteiger charge is 2.34. The zero-order valence-corrected chi connectivity index (χ0v) is 11.9. The molecule has 0 bridgehead atoms. The van der Waals surface area contributed by atoms with E-state index in [-0.39, 0.29) is 24.4 Å². The first-order chi connectivity index (χ1) is 10.3. The predicted molar refractivity (Wildman–Crippen MR) is 73.2 cm³/mol. The van der Waals surface area contributed by atoms with Crippen LogP contribution in [0.5, 0.6) is 0 Å². The highest BCUT2D eigenvalue weighted by Crippen LogP contribution is 2.32. The van der Waals surface area contributed by atoms with Crippen molar-refractivity contribution < 1.29 is 22.4 Å². The van der Waals surface area contributed by atoms with Gasteiger partial charge in [-0.3, -0.25) is 4.79 Å². The van der Waals surface area contributed by atoms with Gasteiger partial charge in [0, 0.05) is 18.5 Å². The van der Waals surface area contributed by atoms with Crippen molar-refractivity contribution >= 4 is 5.91 Å². The van der Waals surface area contributed by atoms with Crippen LogP contribution < -0.4 is 11.1 Å². The van der Waals surface area contributed by atoms with Crippen LogP contribution in [0.25, 0.3) is 0 Å². The molecular formula is C15H18F4N2O. The van der Waals surface area contributed by atoms with Gasteiger partial charge in [-0.15, -0.1) is 0 Å². The minimum Gasteiger partial charge on any atom is -0.369 e. The lowest BCUT2D eigenvalue weighted by Gasteiger charge is -2.28. The molecule has 1 aliphatic rings. The van der Waals surface area contributed by atoms with Gasteiger partial charge in [-0.05, 0) is 37.0 Å². The van der Waals surface area contributed by atoms with Crippen molar-refractivity contribution in [1.82, 2.24) is 5.32 Å². The van der Waals surface area contributed by atoms with Crippen LogP contribution in [0.1, 0.15) is 36.8 Å². The third-order valence-electron chi connectivity index (χ3n) is 4.01. The number of nitrogens with one attached hydrogen (secondary N) is 1. The molecule has 1 amide bonds. The number of carbonyl (C=O) groups is 1. The Hall–Kier alpha value is -1.63. The van der Waals surface area contributed by atoms with Gasteiger partial charge < -0.3 is 11.1 Å². The first kappa shape index (κ1) is 16.7. The first-order valence-electron chi connectivity index (χ1n) is 7.15. The van der Waals surface area contributed by atoms with Crippen LogP contribution in [0.4, 0.5) is 17.6 Å². The van der Waals surface area contributed by atoms with Crippen molar-refractivity contribution in [3.63, 3.8) is 0 Å². The summed E-state index contributed by atoms with van der Waals surface area (Å²) in [6.07, 6.45) is -1.67. The average Bonchev–Trinajstić information content (AvgIpc) is 2.45. The molecule has 1 aromatic carbocycles. The third-order valence-corrected chi connectivity index (χ3v) is 4.01. The number of carbonyl (C=O) groups excluding carboxylic acids is 1. The molecule has 0 heterocycles. The van der Waals surface area contributed by atoms with E-state index in [0.717, 1.165) is 31.4 Å². The first-order valence-corrected chi connectivity index (χ1v) is 7.15. The van der Waals surface area contributed by atoms with Crippen LogP contribution in [0.15, 0.2) is 18.2 Å². The van der Waals surface area contributed by atoms with Crippen molar-refractivity contribution in [2.75, 3.05) is 0 Å². The summed E-state index contributed by atoms with van der Waals surface area (Å²) in [4.78, 5) is 11.2. The van der Waals surface area contributed by atoms with Crippen molar-refractivity contribution in [3.05, 3.63) is 35.1 Å². The van der Waals surface area contributed by atoms with E-state index >= 15 is 0 Å². The van der Waals surface area contributed by atoms with Gasteiger partial charge in [0.05, 0.1) is 5.56 Å². The van der Waals surface area contributed by atoms with Crippen LogP contribution in [0.2, 0.25) is 0 Å². The molecule has 0 saturated heterocycles. The number of halogens is 4. The van der Waals surface area contributed by atoms with Crippen LogP contribution >= 0.6 is 0 Å². The second kappa shape index (κ2) is 6.64. The maximum atomic E-state index is 13.2. The summed E-state index contributed by atoms with van der Waals surface area (Å²) in [6, 6.07) is 3.00. The quantitative estimate of drug-likeness (QED) is 0.839. The summed E-state index contributed by atoms with van der Waals surface area (Å²) in [5.74, 6) is -1.81. The minimum absolute atomic E-state index is 0.0330. The van der Waals surface area contributed by atoms with Gasteiger partial charge in [-0.25, -0.2) is 4.39 Å². The average molecular weight is 318 g/mol. The summed E-state index contributed by atoms with van der Waals surface area (Å²) in [5.41, 5.74) is 4.39. The number of hydrogen-bond donors (Lipinski definition) is 2. The van der Waals surface area contributed by atoms with Crippen molar-refractivity contribution in [2.24, 2.45) is 11.7 Å². The molecule has 0 aliphatic heterocycles. The van der Waals surface area contributed by atoms with E-state index in [2.05, 4.69) is 5.32 Å². The van der Waals surface area contributed by atoms with E-state index in [1.165, 1.54) is 6.07 Å². The molecule has 1 saturated carbocycles. The molecule has 0 aromatic heterocycles. The van der Waals surface area contributed by atoms with Crippen molar-refractivity contribution in [2.45, 2.75) is 44.4 Å². The third kappa shape index (κ3) is 4.19. The molecule has 0 spiro atoms. The minimum atomic E-state index is -4.71. The number of alkyl halides is 3. The van der Waals surface area contributed by atoms with E-state index < -0.39 is 17.6 Å². The molecule has 0 radical (unpaired) electrons. The smallest absolute Gasteiger partial charge is 0.369 e. The molecule has 0 unspecified atom stereocenters. The lowest BCUT2D eigenvalue weighted by molar-refractivity contribution is -0.140. The molecule has 1 aromatic rings. The van der Waals surface area contributed by atoms with Gasteiger partial charge >= 0.3 is 6.18 Å². The van der Waals surface area contributed by atoms with Gasteiger partial charge in [0.1, 0.15) is 5.82 Å². The van der Waals surface area contributed by atoms with Crippen molar-refractivity contribution in [1.29, 1.82) is 0 Å². The molecule has 22 heavy (non-hydrogen) atoms. The number of rotatable bonds is 4. The number of hydrogen-bond acceptors (Lipinski definition) is 2. The lowest BCUT2D eigenvalue weighted by atomic mass is 9.85. The highest BCUT2D eigenvalue weighted by molar-refractivity contribution is 5.76. The Balaban J connectivity index is 1.98. The fourth-order valence-corrected chi connectivity index (χ4v) is 2.80. The van der Waals surface area contributed by atoms with Crippen LogP contribution in [0.3, 0.4) is 0 Å². The van der Waals surface area contributed by atoms with E-state index in [9.17, 15) is 22.4 Å². The monoisotopic (exact) mass is 318 g/mol. The Labute approximate surface area is 125 Å². The predicted octanol–water partition coefficient (Wildman–Crippen LogP) is 2.98. The van der Waals surface area contributed by atoms with E-state index in [1.54, 1.807) is 0 Å². The Bertz CT molecular complexity index is 545. The molecule has 1 aliphatic carbocycles. The molecule has 7 heteroatoms. The maximum absolute atomic E-state index is 13.2. The van der Waals surface area contributed by atoms with E-state index in [1.807, 2.05) is 0 Å². The van der Waals surface area contributed by atoms with Crippen LogP contribution in [-0.4, -0.2) is 11.9 Å². The van der Waals surface area contributed by atoms with E-state index in [4.69, 9.17) is 5.73 Å². The molecule has 3 N–H and O–H groups in total. The SMILES string of the molecule is NC(=O)[C@@H]1CCC[C@@H](NCc2ccc(F)c(C(F)(F)F)c2)C1. The summed E-state index contributed by atoms with van der Waals surface area (Å²) in [6.45, 7) is 0.194. The second-order valence-corrected chi connectivity index (χ2v) is 5.66. The Kier molecular flexibility index (Phi) is 5.05. The standard InChI is InChI=1S/C15H18F4N2O/c16-13-5-4-9(6-12(13)15(17,18)19)8-21-11-3-1-2-10(7-11)14(20)22/h4-6,10-11,21H,1-3,7-8H2,(H2,20,22)/t10-,11-/m1/s1. The lowest BCUT2D eigenvalue weighted by Crippen LogP contribution is -2.38. The highest BCUT2D eigenvalue weighted by atomic mass is 19.4. The van der Waals surface area contributed by atoms with Gasteiger partial charge in [0.15, 0.2) is 0 Å². The summed E-state index contributed by atoms with van der Waals surface area (Å²) < 4.78 is 51.2. The number of benzene rings is 1. The molecule has 2 atom stereocenters. The Morgan fingerprint density at radius 2 is 2.05 bits per heavy atom. The summed E-state index contributed by atoms with van der Waals surface area (Å²) in [5, 5.41) is 3.12. The van der Waals surface area contributed by atoms with Gasteiger partial charge in [0.2, 0.25) is 5.91 Å². The van der Waals surface area contributed by atoms with Gasteiger partial charge in [-0.2, -0.15) is 13.2 Å². The molecule has 2 rings (SSSR count). The number of primary amides is 1. The summed E-state index contributed by atoms with van der Waals surface area (Å²) >= 11 is 0. The summed E-state index contributed by atoms with van der Waals surface area (Å²) in [7, 11) is 0. The molecule has 122 valence electrons. The fourth-order valence-electron chi connectivity index (χ4n) is 2.80. The van der Waals surface area contributed by atoms with Crippen molar-refractivity contribution in [3.8, 4) is 0 Å².